The predicted molar refractivity (Wildman–Crippen MR) is 204 cm³/mol. The zero-order chi connectivity index (χ0) is 31.6. The van der Waals surface area contributed by atoms with Gasteiger partial charge in [0.15, 0.2) is 0 Å². The molecular weight excluding hydrogens is 583 g/mol. The maximum absolute atomic E-state index is 6.19. The summed E-state index contributed by atoms with van der Waals surface area (Å²) in [4.78, 5) is 2.34. The van der Waals surface area contributed by atoms with E-state index in [9.17, 15) is 0 Å². The Morgan fingerprint density at radius 1 is 0.333 bits per heavy atom. The Kier molecular flexibility index (Phi) is 5.91. The second kappa shape index (κ2) is 10.6. The van der Waals surface area contributed by atoms with E-state index in [1.165, 1.54) is 59.6 Å². The monoisotopic (exact) mass is 611 g/mol. The summed E-state index contributed by atoms with van der Waals surface area (Å²) < 4.78 is 6.19. The summed E-state index contributed by atoms with van der Waals surface area (Å²) in [6, 6.07) is 63.3. The number of furan rings is 1. The number of benzene rings is 9. The standard InChI is InChI=1S/C46H29NO/c1-2-12-34(13-3-1)47(36-24-26-39-33(28-36)21-27-44-46(39)41-16-8-9-17-43(41)48-44)35-22-18-31(19-23-35)42-29-32-11-5-7-15-38(32)45-37-14-6-4-10-30(37)20-25-40(42)45/h1-29H. The van der Waals surface area contributed by atoms with Crippen LogP contribution in [0.1, 0.15) is 0 Å². The molecule has 0 amide bonds. The Balaban J connectivity index is 1.13. The highest BCUT2D eigenvalue weighted by Gasteiger charge is 2.17. The summed E-state index contributed by atoms with van der Waals surface area (Å²) in [7, 11) is 0. The average molecular weight is 612 g/mol. The molecule has 0 aliphatic rings. The lowest BCUT2D eigenvalue weighted by Gasteiger charge is -2.26. The molecule has 2 heteroatoms. The van der Waals surface area contributed by atoms with Crippen molar-refractivity contribution in [2.24, 2.45) is 0 Å². The molecule has 0 saturated carbocycles. The van der Waals surface area contributed by atoms with E-state index >= 15 is 0 Å². The van der Waals surface area contributed by atoms with Crippen LogP contribution in [0.2, 0.25) is 0 Å². The third kappa shape index (κ3) is 4.13. The number of para-hydroxylation sites is 2. The third-order valence-electron chi connectivity index (χ3n) is 9.80. The van der Waals surface area contributed by atoms with Crippen molar-refractivity contribution in [2.45, 2.75) is 0 Å². The van der Waals surface area contributed by atoms with Gasteiger partial charge in [0.2, 0.25) is 0 Å². The summed E-state index contributed by atoms with van der Waals surface area (Å²) in [6.45, 7) is 0. The van der Waals surface area contributed by atoms with Gasteiger partial charge >= 0.3 is 0 Å². The first kappa shape index (κ1) is 26.8. The maximum Gasteiger partial charge on any atom is 0.136 e. The molecular formula is C46H29NO. The number of nitrogens with zero attached hydrogens (tertiary/aromatic N) is 1. The highest BCUT2D eigenvalue weighted by molar-refractivity contribution is 6.24. The van der Waals surface area contributed by atoms with E-state index in [4.69, 9.17) is 4.42 Å². The van der Waals surface area contributed by atoms with Crippen molar-refractivity contribution >= 4 is 82.1 Å². The molecule has 0 aliphatic carbocycles. The predicted octanol–water partition coefficient (Wildman–Crippen LogP) is 13.3. The van der Waals surface area contributed by atoms with Gasteiger partial charge in [-0.1, -0.05) is 121 Å². The maximum atomic E-state index is 6.19. The molecule has 1 aromatic heterocycles. The van der Waals surface area contributed by atoms with E-state index < -0.39 is 0 Å². The van der Waals surface area contributed by atoms with Gasteiger partial charge in [-0.2, -0.15) is 0 Å². The highest BCUT2D eigenvalue weighted by atomic mass is 16.3. The van der Waals surface area contributed by atoms with E-state index in [0.717, 1.165) is 33.6 Å². The third-order valence-corrected chi connectivity index (χ3v) is 9.80. The van der Waals surface area contributed by atoms with Crippen molar-refractivity contribution in [3.63, 3.8) is 0 Å². The topological polar surface area (TPSA) is 16.4 Å². The van der Waals surface area contributed by atoms with Crippen molar-refractivity contribution in [3.05, 3.63) is 176 Å². The molecule has 9 aromatic carbocycles. The first-order chi connectivity index (χ1) is 23.8. The molecule has 2 nitrogen and oxygen atoms in total. The summed E-state index contributed by atoms with van der Waals surface area (Å²) in [5, 5.41) is 12.4. The van der Waals surface area contributed by atoms with E-state index in [0.29, 0.717) is 0 Å². The number of anilines is 3. The van der Waals surface area contributed by atoms with Crippen LogP contribution in [0.4, 0.5) is 17.1 Å². The van der Waals surface area contributed by atoms with E-state index in [1.807, 2.05) is 12.1 Å². The van der Waals surface area contributed by atoms with Crippen LogP contribution in [-0.4, -0.2) is 0 Å². The second-order valence-electron chi connectivity index (χ2n) is 12.5. The zero-order valence-corrected chi connectivity index (χ0v) is 26.1. The molecule has 0 fully saturated rings. The molecule has 1 heterocycles. The van der Waals surface area contributed by atoms with Crippen LogP contribution >= 0.6 is 0 Å². The Bertz CT molecular complexity index is 2810. The molecule has 0 saturated heterocycles. The van der Waals surface area contributed by atoms with Crippen LogP contribution in [0.15, 0.2) is 180 Å². The van der Waals surface area contributed by atoms with Gasteiger partial charge in [0.1, 0.15) is 11.2 Å². The molecule has 10 rings (SSSR count). The molecule has 0 radical (unpaired) electrons. The van der Waals surface area contributed by atoms with Crippen molar-refractivity contribution in [3.8, 4) is 11.1 Å². The Labute approximate surface area is 277 Å². The van der Waals surface area contributed by atoms with Crippen LogP contribution in [-0.2, 0) is 0 Å². The Hall–Kier alpha value is -6.38. The fourth-order valence-corrected chi connectivity index (χ4v) is 7.60. The van der Waals surface area contributed by atoms with Gasteiger partial charge in [-0.05, 0) is 109 Å². The first-order valence-corrected chi connectivity index (χ1v) is 16.4. The van der Waals surface area contributed by atoms with E-state index in [1.54, 1.807) is 0 Å². The lowest BCUT2D eigenvalue weighted by atomic mass is 9.90. The molecule has 10 aromatic rings. The van der Waals surface area contributed by atoms with Gasteiger partial charge in [0.05, 0.1) is 0 Å². The second-order valence-corrected chi connectivity index (χ2v) is 12.5. The molecule has 0 bridgehead atoms. The van der Waals surface area contributed by atoms with Gasteiger partial charge in [0.25, 0.3) is 0 Å². The molecule has 0 atom stereocenters. The average Bonchev–Trinajstić information content (AvgIpc) is 3.54. The van der Waals surface area contributed by atoms with Gasteiger partial charge < -0.3 is 9.32 Å². The normalized spacial score (nSPS) is 11.8. The van der Waals surface area contributed by atoms with E-state index in [2.05, 4.69) is 169 Å². The van der Waals surface area contributed by atoms with E-state index in [-0.39, 0.29) is 0 Å². The number of hydrogen-bond donors (Lipinski definition) is 0. The molecule has 224 valence electrons. The summed E-state index contributed by atoms with van der Waals surface area (Å²) in [5.74, 6) is 0. The minimum atomic E-state index is 0.918. The summed E-state index contributed by atoms with van der Waals surface area (Å²) in [5.41, 5.74) is 7.61. The van der Waals surface area contributed by atoms with Crippen LogP contribution < -0.4 is 4.90 Å². The van der Waals surface area contributed by atoms with Crippen LogP contribution in [0, 0.1) is 0 Å². The number of hydrogen-bond acceptors (Lipinski definition) is 2. The largest absolute Gasteiger partial charge is 0.456 e. The van der Waals surface area contributed by atoms with Crippen molar-refractivity contribution in [1.82, 2.24) is 0 Å². The first-order valence-electron chi connectivity index (χ1n) is 16.4. The smallest absolute Gasteiger partial charge is 0.136 e. The fourth-order valence-electron chi connectivity index (χ4n) is 7.60. The molecule has 0 unspecified atom stereocenters. The van der Waals surface area contributed by atoms with Gasteiger partial charge in [-0.3, -0.25) is 0 Å². The van der Waals surface area contributed by atoms with Crippen LogP contribution in [0.5, 0.6) is 0 Å². The minimum absolute atomic E-state index is 0.918. The molecule has 0 N–H and O–H groups in total. The van der Waals surface area contributed by atoms with Crippen molar-refractivity contribution in [2.75, 3.05) is 4.90 Å². The van der Waals surface area contributed by atoms with Gasteiger partial charge in [0, 0.05) is 27.8 Å². The number of rotatable bonds is 4. The van der Waals surface area contributed by atoms with Crippen molar-refractivity contribution in [1.29, 1.82) is 0 Å². The highest BCUT2D eigenvalue weighted by Crippen LogP contribution is 2.42. The summed E-state index contributed by atoms with van der Waals surface area (Å²) >= 11 is 0. The lowest BCUT2D eigenvalue weighted by molar-refractivity contribution is 0.669. The minimum Gasteiger partial charge on any atom is -0.456 e. The molecule has 48 heavy (non-hydrogen) atoms. The van der Waals surface area contributed by atoms with Crippen LogP contribution in [0.3, 0.4) is 0 Å². The summed E-state index contributed by atoms with van der Waals surface area (Å²) in [6.07, 6.45) is 0. The fraction of sp³-hybridized carbons (Fsp3) is 0. The molecule has 0 aliphatic heterocycles. The quantitative estimate of drug-likeness (QED) is 0.184. The lowest BCUT2D eigenvalue weighted by Crippen LogP contribution is -2.09. The van der Waals surface area contributed by atoms with Gasteiger partial charge in [-0.15, -0.1) is 0 Å². The Morgan fingerprint density at radius 3 is 1.75 bits per heavy atom. The zero-order valence-electron chi connectivity index (χ0n) is 26.1. The van der Waals surface area contributed by atoms with Crippen LogP contribution in [0.25, 0.3) is 76.2 Å². The van der Waals surface area contributed by atoms with Crippen molar-refractivity contribution < 1.29 is 4.42 Å². The number of fused-ring (bicyclic) bond motifs is 10. The Morgan fingerprint density at radius 2 is 0.917 bits per heavy atom. The van der Waals surface area contributed by atoms with Gasteiger partial charge in [-0.25, -0.2) is 0 Å². The molecule has 0 spiro atoms. The SMILES string of the molecule is c1ccc(N(c2ccc(-c3cc4ccccc4c4c3ccc3ccccc34)cc2)c2ccc3c(ccc4oc5ccccc5c43)c2)cc1.